The van der Waals surface area contributed by atoms with Crippen LogP contribution in [0.3, 0.4) is 0 Å². The van der Waals surface area contributed by atoms with E-state index in [1.54, 1.807) is 4.90 Å². The second-order valence-electron chi connectivity index (χ2n) is 5.42. The van der Waals surface area contributed by atoms with E-state index in [1.807, 2.05) is 39.0 Å². The highest BCUT2D eigenvalue weighted by Gasteiger charge is 2.25. The number of carbonyl (C=O) groups excluding carboxylic acids is 1. The Labute approximate surface area is 124 Å². The predicted octanol–water partition coefficient (Wildman–Crippen LogP) is 2.46. The van der Waals surface area contributed by atoms with Gasteiger partial charge >= 0.3 is 0 Å². The third-order valence-electron chi connectivity index (χ3n) is 3.92. The minimum absolute atomic E-state index is 0.0101. The SMILES string of the molecule is Cc1nc2ccc(C(=O)N3CCCOC3C)cc2nc1C. The Morgan fingerprint density at radius 2 is 1.95 bits per heavy atom. The molecular weight excluding hydrogens is 266 g/mol. The molecule has 0 spiro atoms. The quantitative estimate of drug-likeness (QED) is 0.807. The zero-order valence-corrected chi connectivity index (χ0v) is 12.6. The van der Waals surface area contributed by atoms with Crippen LogP contribution >= 0.6 is 0 Å². The van der Waals surface area contributed by atoms with Gasteiger partial charge in [0.25, 0.3) is 5.91 Å². The number of hydrogen-bond donors (Lipinski definition) is 0. The Kier molecular flexibility index (Phi) is 3.59. The third-order valence-corrected chi connectivity index (χ3v) is 3.92. The molecule has 5 heteroatoms. The number of rotatable bonds is 1. The van der Waals surface area contributed by atoms with E-state index in [-0.39, 0.29) is 12.1 Å². The molecule has 1 amide bonds. The van der Waals surface area contributed by atoms with Crippen LogP contribution in [0.4, 0.5) is 0 Å². The van der Waals surface area contributed by atoms with Crippen LogP contribution in [0.5, 0.6) is 0 Å². The van der Waals surface area contributed by atoms with Gasteiger partial charge in [-0.25, -0.2) is 9.97 Å². The van der Waals surface area contributed by atoms with Gasteiger partial charge in [-0.1, -0.05) is 0 Å². The van der Waals surface area contributed by atoms with E-state index in [2.05, 4.69) is 9.97 Å². The summed E-state index contributed by atoms with van der Waals surface area (Å²) < 4.78 is 5.53. The summed E-state index contributed by atoms with van der Waals surface area (Å²) in [5.74, 6) is -0.0101. The molecule has 1 fully saturated rings. The number of nitrogens with zero attached hydrogens (tertiary/aromatic N) is 3. The van der Waals surface area contributed by atoms with Gasteiger partial charge in [0.15, 0.2) is 0 Å². The van der Waals surface area contributed by atoms with Crippen LogP contribution in [-0.4, -0.2) is 40.2 Å². The van der Waals surface area contributed by atoms with Crippen molar-refractivity contribution < 1.29 is 9.53 Å². The fourth-order valence-electron chi connectivity index (χ4n) is 2.56. The highest BCUT2D eigenvalue weighted by atomic mass is 16.5. The Morgan fingerprint density at radius 1 is 1.24 bits per heavy atom. The Balaban J connectivity index is 1.96. The minimum atomic E-state index is -0.173. The molecule has 0 bridgehead atoms. The van der Waals surface area contributed by atoms with Gasteiger partial charge in [0.2, 0.25) is 0 Å². The summed E-state index contributed by atoms with van der Waals surface area (Å²) >= 11 is 0. The van der Waals surface area contributed by atoms with Crippen LogP contribution in [0.15, 0.2) is 18.2 Å². The van der Waals surface area contributed by atoms with Crippen LogP contribution in [0.1, 0.15) is 35.1 Å². The molecule has 21 heavy (non-hydrogen) atoms. The van der Waals surface area contributed by atoms with E-state index in [0.717, 1.165) is 35.4 Å². The maximum Gasteiger partial charge on any atom is 0.255 e. The van der Waals surface area contributed by atoms with Crippen LogP contribution in [0.25, 0.3) is 11.0 Å². The predicted molar refractivity (Wildman–Crippen MR) is 80.1 cm³/mol. The molecule has 1 saturated heterocycles. The van der Waals surface area contributed by atoms with Crippen LogP contribution in [0, 0.1) is 13.8 Å². The first-order chi connectivity index (χ1) is 10.1. The van der Waals surface area contributed by atoms with Crippen molar-refractivity contribution >= 4 is 16.9 Å². The highest BCUT2D eigenvalue weighted by Crippen LogP contribution is 2.18. The van der Waals surface area contributed by atoms with Gasteiger partial charge in [-0.05, 0) is 45.4 Å². The largest absolute Gasteiger partial charge is 0.359 e. The molecule has 1 unspecified atom stereocenters. The maximum absolute atomic E-state index is 12.6. The monoisotopic (exact) mass is 285 g/mol. The first-order valence-corrected chi connectivity index (χ1v) is 7.24. The van der Waals surface area contributed by atoms with E-state index >= 15 is 0 Å². The second kappa shape index (κ2) is 5.41. The molecule has 0 saturated carbocycles. The van der Waals surface area contributed by atoms with E-state index < -0.39 is 0 Å². The lowest BCUT2D eigenvalue weighted by Gasteiger charge is -2.33. The molecule has 2 aromatic rings. The number of ether oxygens (including phenoxy) is 1. The molecule has 0 radical (unpaired) electrons. The summed E-state index contributed by atoms with van der Waals surface area (Å²) in [6.45, 7) is 7.22. The number of aromatic nitrogens is 2. The van der Waals surface area contributed by atoms with Crippen molar-refractivity contribution in [3.05, 3.63) is 35.2 Å². The first kappa shape index (κ1) is 13.9. The molecule has 1 atom stereocenters. The summed E-state index contributed by atoms with van der Waals surface area (Å²) in [6, 6.07) is 5.49. The lowest BCUT2D eigenvalue weighted by atomic mass is 10.1. The first-order valence-electron chi connectivity index (χ1n) is 7.24. The lowest BCUT2D eigenvalue weighted by Crippen LogP contribution is -2.44. The Bertz CT molecular complexity index is 699. The molecule has 3 rings (SSSR count). The smallest absolute Gasteiger partial charge is 0.255 e. The second-order valence-corrected chi connectivity index (χ2v) is 5.42. The lowest BCUT2D eigenvalue weighted by molar-refractivity contribution is -0.0661. The summed E-state index contributed by atoms with van der Waals surface area (Å²) in [4.78, 5) is 23.4. The maximum atomic E-state index is 12.6. The average Bonchev–Trinajstić information content (AvgIpc) is 2.48. The van der Waals surface area contributed by atoms with Crippen molar-refractivity contribution in [2.24, 2.45) is 0 Å². The number of carbonyl (C=O) groups is 1. The number of benzene rings is 1. The van der Waals surface area contributed by atoms with Crippen molar-refractivity contribution in [1.29, 1.82) is 0 Å². The number of hydrogen-bond acceptors (Lipinski definition) is 4. The summed E-state index contributed by atoms with van der Waals surface area (Å²) in [5.41, 5.74) is 4.02. The molecular formula is C16H19N3O2. The van der Waals surface area contributed by atoms with Crippen molar-refractivity contribution in [2.75, 3.05) is 13.2 Å². The molecule has 5 nitrogen and oxygen atoms in total. The van der Waals surface area contributed by atoms with Crippen molar-refractivity contribution in [2.45, 2.75) is 33.4 Å². The molecule has 1 aliphatic rings. The van der Waals surface area contributed by atoms with Crippen molar-refractivity contribution in [3.63, 3.8) is 0 Å². The molecule has 0 aliphatic carbocycles. The highest BCUT2D eigenvalue weighted by molar-refractivity contribution is 5.97. The van der Waals surface area contributed by atoms with Crippen LogP contribution in [-0.2, 0) is 4.74 Å². The molecule has 1 aliphatic heterocycles. The van der Waals surface area contributed by atoms with Crippen LogP contribution < -0.4 is 0 Å². The zero-order chi connectivity index (χ0) is 15.0. The molecule has 0 N–H and O–H groups in total. The van der Waals surface area contributed by atoms with Crippen molar-refractivity contribution in [3.8, 4) is 0 Å². The van der Waals surface area contributed by atoms with E-state index in [9.17, 15) is 4.79 Å². The molecule has 2 heterocycles. The zero-order valence-electron chi connectivity index (χ0n) is 12.6. The standard InChI is InChI=1S/C16H19N3O2/c1-10-11(2)18-15-9-13(5-6-14(15)17-10)16(20)19-7-4-8-21-12(19)3/h5-6,9,12H,4,7-8H2,1-3H3. The fourth-order valence-corrected chi connectivity index (χ4v) is 2.56. The Morgan fingerprint density at radius 3 is 2.67 bits per heavy atom. The van der Waals surface area contributed by atoms with Gasteiger partial charge in [0.1, 0.15) is 6.23 Å². The topological polar surface area (TPSA) is 55.3 Å². The van der Waals surface area contributed by atoms with Gasteiger partial charge in [-0.2, -0.15) is 0 Å². The Hall–Kier alpha value is -2.01. The number of amides is 1. The number of aryl methyl sites for hydroxylation is 2. The summed E-state index contributed by atoms with van der Waals surface area (Å²) in [5, 5.41) is 0. The van der Waals surface area contributed by atoms with Crippen molar-refractivity contribution in [1.82, 2.24) is 14.9 Å². The van der Waals surface area contributed by atoms with E-state index in [4.69, 9.17) is 4.74 Å². The van der Waals surface area contributed by atoms with Gasteiger partial charge in [0.05, 0.1) is 29.0 Å². The van der Waals surface area contributed by atoms with Gasteiger partial charge in [-0.3, -0.25) is 4.79 Å². The molecule has 1 aromatic carbocycles. The van der Waals surface area contributed by atoms with Gasteiger partial charge in [0, 0.05) is 12.1 Å². The van der Waals surface area contributed by atoms with E-state index in [1.165, 1.54) is 0 Å². The summed E-state index contributed by atoms with van der Waals surface area (Å²) in [6.07, 6.45) is 0.703. The fraction of sp³-hybridized carbons (Fsp3) is 0.438. The van der Waals surface area contributed by atoms with Gasteiger partial charge < -0.3 is 9.64 Å². The molecule has 1 aromatic heterocycles. The van der Waals surface area contributed by atoms with Crippen LogP contribution in [0.2, 0.25) is 0 Å². The average molecular weight is 285 g/mol. The minimum Gasteiger partial charge on any atom is -0.359 e. The summed E-state index contributed by atoms with van der Waals surface area (Å²) in [7, 11) is 0. The molecule has 110 valence electrons. The third kappa shape index (κ3) is 2.61. The number of fused-ring (bicyclic) bond motifs is 1. The van der Waals surface area contributed by atoms with Gasteiger partial charge in [-0.15, -0.1) is 0 Å². The normalized spacial score (nSPS) is 19.0. The van der Waals surface area contributed by atoms with E-state index in [0.29, 0.717) is 12.2 Å².